The van der Waals surface area contributed by atoms with Gasteiger partial charge in [-0.3, -0.25) is 14.6 Å². The number of thioether (sulfide) groups is 1. The summed E-state index contributed by atoms with van der Waals surface area (Å²) in [5.74, 6) is 1.63. The van der Waals surface area contributed by atoms with Gasteiger partial charge in [-0.05, 0) is 43.5 Å². The molecule has 0 spiro atoms. The number of amides is 1. The van der Waals surface area contributed by atoms with Crippen molar-refractivity contribution in [2.45, 2.75) is 32.3 Å². The molecule has 1 aromatic carbocycles. The van der Waals surface area contributed by atoms with Gasteiger partial charge in [0.15, 0.2) is 11.0 Å². The van der Waals surface area contributed by atoms with Gasteiger partial charge in [-0.2, -0.15) is 0 Å². The molecule has 8 heteroatoms. The highest BCUT2D eigenvalue weighted by Gasteiger charge is 2.14. The van der Waals surface area contributed by atoms with Crippen LogP contribution in [0, 0.1) is 5.92 Å². The number of aromatic amines is 1. The Balaban J connectivity index is 2.08. The maximum Gasteiger partial charge on any atom is 0.277 e. The van der Waals surface area contributed by atoms with Gasteiger partial charge in [-0.25, -0.2) is 4.98 Å². The number of ether oxygens (including phenoxy) is 1. The van der Waals surface area contributed by atoms with E-state index in [-0.39, 0.29) is 11.5 Å². The van der Waals surface area contributed by atoms with Crippen LogP contribution >= 0.6 is 11.8 Å². The topological polar surface area (TPSA) is 110 Å². The summed E-state index contributed by atoms with van der Waals surface area (Å²) in [5, 5.41) is 2.98. The number of hydrogen-bond donors (Lipinski definition) is 3. The molecule has 4 N–H and O–H groups in total. The highest BCUT2D eigenvalue weighted by atomic mass is 32.2. The molecule has 0 aliphatic heterocycles. The second-order valence-electron chi connectivity index (χ2n) is 6.07. The minimum absolute atomic E-state index is 0.0000772. The van der Waals surface area contributed by atoms with Crippen molar-refractivity contribution in [3.8, 4) is 5.75 Å². The molecule has 0 saturated heterocycles. The Kier molecular flexibility index (Phi) is 7.08. The van der Waals surface area contributed by atoms with Gasteiger partial charge in [0.05, 0.1) is 6.61 Å². The summed E-state index contributed by atoms with van der Waals surface area (Å²) in [5.41, 5.74) is 5.74. The van der Waals surface area contributed by atoms with Crippen LogP contribution in [0.5, 0.6) is 5.75 Å². The molecule has 2 aromatic rings. The third kappa shape index (κ3) is 5.52. The van der Waals surface area contributed by atoms with E-state index >= 15 is 0 Å². The number of anilines is 2. The number of benzene rings is 1. The number of carbonyl (C=O) groups is 1. The van der Waals surface area contributed by atoms with Crippen LogP contribution in [0.25, 0.3) is 0 Å². The maximum absolute atomic E-state index is 12.3. The Morgan fingerprint density at radius 3 is 2.62 bits per heavy atom. The fourth-order valence-corrected chi connectivity index (χ4v) is 3.21. The Morgan fingerprint density at radius 1 is 1.35 bits per heavy atom. The van der Waals surface area contributed by atoms with E-state index in [9.17, 15) is 9.59 Å². The molecular weight excluding hydrogens is 352 g/mol. The quantitative estimate of drug-likeness (QED) is 0.482. The predicted molar refractivity (Wildman–Crippen MR) is 105 cm³/mol. The zero-order valence-electron chi connectivity index (χ0n) is 15.2. The number of nitrogens with zero attached hydrogens (tertiary/aromatic N) is 1. The first-order valence-corrected chi connectivity index (χ1v) is 9.46. The molecule has 1 aromatic heterocycles. The highest BCUT2D eigenvalue weighted by Crippen LogP contribution is 2.19. The average molecular weight is 376 g/mol. The molecule has 0 aliphatic rings. The summed E-state index contributed by atoms with van der Waals surface area (Å²) in [6, 6.07) is 6.62. The summed E-state index contributed by atoms with van der Waals surface area (Å²) in [6.07, 6.45) is 1.00. The van der Waals surface area contributed by atoms with Crippen LogP contribution in [0.2, 0.25) is 0 Å². The lowest BCUT2D eigenvalue weighted by molar-refractivity contribution is 0.102. The van der Waals surface area contributed by atoms with Crippen molar-refractivity contribution in [1.82, 2.24) is 9.97 Å². The van der Waals surface area contributed by atoms with Crippen molar-refractivity contribution in [3.63, 3.8) is 0 Å². The van der Waals surface area contributed by atoms with Crippen LogP contribution < -0.4 is 21.3 Å². The molecule has 7 nitrogen and oxygen atoms in total. The molecule has 1 amide bonds. The molecular formula is C18H24N4O3S. The number of H-pyrrole nitrogens is 1. The van der Waals surface area contributed by atoms with Crippen molar-refractivity contribution < 1.29 is 9.53 Å². The van der Waals surface area contributed by atoms with Crippen molar-refractivity contribution in [2.75, 3.05) is 23.4 Å². The third-order valence-corrected chi connectivity index (χ3v) is 4.43. The average Bonchev–Trinajstić information content (AvgIpc) is 2.58. The van der Waals surface area contributed by atoms with Crippen LogP contribution in [0.4, 0.5) is 11.5 Å². The van der Waals surface area contributed by atoms with Crippen molar-refractivity contribution >= 4 is 29.2 Å². The molecule has 2 rings (SSSR count). The summed E-state index contributed by atoms with van der Waals surface area (Å²) in [6.45, 7) is 6.69. The standard InChI is InChI=1S/C18H24N4O3S/c1-4-25-13-7-5-12(6-8-13)16(23)20-14-15(19)21-18(22-17(14)24)26-10-9-11(2)3/h5-8,11H,4,9-10H2,1-3H3,(H,20,23)(H3,19,21,22,24). The minimum atomic E-state index is -0.469. The van der Waals surface area contributed by atoms with Gasteiger partial charge in [0.25, 0.3) is 11.5 Å². The summed E-state index contributed by atoms with van der Waals surface area (Å²) in [7, 11) is 0. The number of nitrogens with two attached hydrogens (primary N) is 1. The zero-order valence-corrected chi connectivity index (χ0v) is 16.0. The van der Waals surface area contributed by atoms with Crippen molar-refractivity contribution in [2.24, 2.45) is 5.92 Å². The first-order valence-electron chi connectivity index (χ1n) is 8.47. The lowest BCUT2D eigenvalue weighted by atomic mass is 10.2. The van der Waals surface area contributed by atoms with E-state index in [2.05, 4.69) is 29.1 Å². The maximum atomic E-state index is 12.3. The number of hydrogen-bond acceptors (Lipinski definition) is 6. The van der Waals surface area contributed by atoms with E-state index in [0.29, 0.717) is 29.0 Å². The van der Waals surface area contributed by atoms with E-state index in [0.717, 1.165) is 12.2 Å². The Bertz CT molecular complexity index is 803. The smallest absolute Gasteiger partial charge is 0.277 e. The fraction of sp³-hybridized carbons (Fsp3) is 0.389. The van der Waals surface area contributed by atoms with Crippen LogP contribution in [0.3, 0.4) is 0 Å². The van der Waals surface area contributed by atoms with Crippen LogP contribution in [-0.4, -0.2) is 28.2 Å². The molecule has 0 unspecified atom stereocenters. The van der Waals surface area contributed by atoms with E-state index < -0.39 is 11.5 Å². The first-order chi connectivity index (χ1) is 12.4. The number of rotatable bonds is 8. The van der Waals surface area contributed by atoms with E-state index in [1.54, 1.807) is 24.3 Å². The van der Waals surface area contributed by atoms with Crippen molar-refractivity contribution in [1.29, 1.82) is 0 Å². The zero-order chi connectivity index (χ0) is 19.1. The van der Waals surface area contributed by atoms with Crippen LogP contribution in [0.15, 0.2) is 34.2 Å². The number of nitrogens with one attached hydrogen (secondary N) is 2. The second-order valence-corrected chi connectivity index (χ2v) is 7.16. The summed E-state index contributed by atoms with van der Waals surface area (Å²) >= 11 is 1.43. The molecule has 0 saturated carbocycles. The Morgan fingerprint density at radius 2 is 2.04 bits per heavy atom. The largest absolute Gasteiger partial charge is 0.494 e. The predicted octanol–water partition coefficient (Wildman–Crippen LogP) is 3.14. The third-order valence-electron chi connectivity index (χ3n) is 3.53. The second kappa shape index (κ2) is 9.28. The monoisotopic (exact) mass is 376 g/mol. The molecule has 140 valence electrons. The van der Waals surface area contributed by atoms with Gasteiger partial charge in [0, 0.05) is 11.3 Å². The molecule has 1 heterocycles. The van der Waals surface area contributed by atoms with Gasteiger partial charge in [0.1, 0.15) is 11.4 Å². The van der Waals surface area contributed by atoms with E-state index in [4.69, 9.17) is 10.5 Å². The first kappa shape index (κ1) is 19.8. The minimum Gasteiger partial charge on any atom is -0.494 e. The van der Waals surface area contributed by atoms with Crippen LogP contribution in [0.1, 0.15) is 37.6 Å². The number of nitrogen functional groups attached to an aromatic ring is 1. The normalized spacial score (nSPS) is 10.8. The Hall–Kier alpha value is -2.48. The lowest BCUT2D eigenvalue weighted by Crippen LogP contribution is -2.23. The van der Waals surface area contributed by atoms with Gasteiger partial charge in [-0.1, -0.05) is 25.6 Å². The molecule has 0 fully saturated rings. The molecule has 0 atom stereocenters. The number of carbonyl (C=O) groups excluding carboxylic acids is 1. The molecule has 0 aliphatic carbocycles. The SMILES string of the molecule is CCOc1ccc(C(=O)Nc2c(N)nc(SCCC(C)C)[nH]c2=O)cc1. The van der Waals surface area contributed by atoms with Crippen LogP contribution in [-0.2, 0) is 0 Å². The molecule has 0 radical (unpaired) electrons. The van der Waals surface area contributed by atoms with Gasteiger partial charge >= 0.3 is 0 Å². The van der Waals surface area contributed by atoms with Gasteiger partial charge in [-0.15, -0.1) is 0 Å². The number of aromatic nitrogens is 2. The van der Waals surface area contributed by atoms with Gasteiger partial charge < -0.3 is 15.8 Å². The lowest BCUT2D eigenvalue weighted by Gasteiger charge is -2.09. The summed E-state index contributed by atoms with van der Waals surface area (Å²) < 4.78 is 5.34. The van der Waals surface area contributed by atoms with Crippen molar-refractivity contribution in [3.05, 3.63) is 40.2 Å². The van der Waals surface area contributed by atoms with E-state index in [1.807, 2.05) is 6.92 Å². The molecule has 0 bridgehead atoms. The van der Waals surface area contributed by atoms with Gasteiger partial charge in [0.2, 0.25) is 0 Å². The Labute approximate surface area is 156 Å². The highest BCUT2D eigenvalue weighted by molar-refractivity contribution is 7.99. The molecule has 26 heavy (non-hydrogen) atoms. The summed E-state index contributed by atoms with van der Waals surface area (Å²) in [4.78, 5) is 31.4. The fourth-order valence-electron chi connectivity index (χ4n) is 2.10. The van der Waals surface area contributed by atoms with E-state index in [1.165, 1.54) is 11.8 Å².